The van der Waals surface area contributed by atoms with Gasteiger partial charge in [-0.3, -0.25) is 14.3 Å². The average molecular weight is 362 g/mol. The summed E-state index contributed by atoms with van der Waals surface area (Å²) in [5.74, 6) is -2.33. The van der Waals surface area contributed by atoms with Crippen LogP contribution in [0.1, 0.15) is 17.4 Å². The summed E-state index contributed by atoms with van der Waals surface area (Å²) in [5.41, 5.74) is 1.03. The van der Waals surface area contributed by atoms with Gasteiger partial charge in [0.1, 0.15) is 0 Å². The second-order valence-corrected chi connectivity index (χ2v) is 5.71. The van der Waals surface area contributed by atoms with Gasteiger partial charge < -0.3 is 10.1 Å². The van der Waals surface area contributed by atoms with Crippen molar-refractivity contribution in [1.29, 1.82) is 0 Å². The van der Waals surface area contributed by atoms with Gasteiger partial charge in [-0.1, -0.05) is 29.8 Å². The minimum absolute atomic E-state index is 0.0336. The molecule has 0 aliphatic carbocycles. The van der Waals surface area contributed by atoms with E-state index in [4.69, 9.17) is 16.3 Å². The molecule has 0 atom stereocenters. The first-order valence-corrected chi connectivity index (χ1v) is 7.65. The molecule has 0 aliphatic rings. The van der Waals surface area contributed by atoms with Crippen LogP contribution in [0.5, 0.6) is 5.75 Å². The largest absolute Gasteiger partial charge is 0.424 e. The Labute approximate surface area is 147 Å². The maximum Gasteiger partial charge on any atom is 0.308 e. The number of fused-ring (bicyclic) bond motifs is 1. The zero-order valence-corrected chi connectivity index (χ0v) is 14.1. The molecule has 2 aromatic carbocycles. The normalized spacial score (nSPS) is 10.7. The number of hydrogen-bond acceptors (Lipinski definition) is 4. The van der Waals surface area contributed by atoms with E-state index >= 15 is 0 Å². The van der Waals surface area contributed by atoms with Crippen molar-refractivity contribution in [2.75, 3.05) is 5.32 Å². The van der Waals surface area contributed by atoms with Crippen molar-refractivity contribution in [1.82, 2.24) is 9.78 Å². The van der Waals surface area contributed by atoms with E-state index < -0.39 is 17.7 Å². The second kappa shape index (κ2) is 6.52. The molecular formula is C17H13ClFN3O3. The number of anilines is 1. The van der Waals surface area contributed by atoms with Crippen LogP contribution < -0.4 is 10.1 Å². The number of esters is 1. The van der Waals surface area contributed by atoms with E-state index in [-0.39, 0.29) is 22.2 Å². The molecule has 25 heavy (non-hydrogen) atoms. The maximum atomic E-state index is 14.0. The maximum absolute atomic E-state index is 14.0. The van der Waals surface area contributed by atoms with Gasteiger partial charge >= 0.3 is 5.97 Å². The lowest BCUT2D eigenvalue weighted by Crippen LogP contribution is -2.14. The Kier molecular flexibility index (Phi) is 4.41. The Morgan fingerprint density at radius 3 is 2.72 bits per heavy atom. The quantitative estimate of drug-likeness (QED) is 0.572. The third kappa shape index (κ3) is 3.32. The number of para-hydroxylation sites is 1. The molecule has 1 heterocycles. The predicted molar refractivity (Wildman–Crippen MR) is 91.4 cm³/mol. The zero-order valence-electron chi connectivity index (χ0n) is 13.3. The van der Waals surface area contributed by atoms with E-state index in [2.05, 4.69) is 10.4 Å². The van der Waals surface area contributed by atoms with E-state index in [1.807, 2.05) is 12.1 Å². The number of amides is 1. The second-order valence-electron chi connectivity index (χ2n) is 5.30. The monoisotopic (exact) mass is 361 g/mol. The first-order valence-electron chi connectivity index (χ1n) is 7.27. The molecule has 128 valence electrons. The summed E-state index contributed by atoms with van der Waals surface area (Å²) >= 11 is 6.04. The van der Waals surface area contributed by atoms with Crippen molar-refractivity contribution in [2.45, 2.75) is 6.92 Å². The molecule has 0 saturated carbocycles. The van der Waals surface area contributed by atoms with Crippen LogP contribution in [0, 0.1) is 5.82 Å². The highest BCUT2D eigenvalue weighted by Gasteiger charge is 2.18. The fourth-order valence-corrected chi connectivity index (χ4v) is 2.62. The zero-order chi connectivity index (χ0) is 18.1. The fraction of sp³-hybridized carbons (Fsp3) is 0.118. The Morgan fingerprint density at radius 1 is 1.28 bits per heavy atom. The highest BCUT2D eigenvalue weighted by Crippen LogP contribution is 2.31. The molecule has 1 N–H and O–H groups in total. The highest BCUT2D eigenvalue weighted by molar-refractivity contribution is 6.34. The summed E-state index contributed by atoms with van der Waals surface area (Å²) in [7, 11) is 1.72. The van der Waals surface area contributed by atoms with E-state index in [0.29, 0.717) is 5.39 Å². The predicted octanol–water partition coefficient (Wildman–Crippen LogP) is 3.54. The third-order valence-electron chi connectivity index (χ3n) is 3.50. The number of aromatic nitrogens is 2. The van der Waals surface area contributed by atoms with Crippen molar-refractivity contribution >= 4 is 40.1 Å². The number of aryl methyl sites for hydroxylation is 1. The van der Waals surface area contributed by atoms with Gasteiger partial charge in [-0.25, -0.2) is 4.39 Å². The summed E-state index contributed by atoms with van der Waals surface area (Å²) < 4.78 is 20.3. The van der Waals surface area contributed by atoms with Crippen LogP contribution in [-0.2, 0) is 11.8 Å². The number of ether oxygens (including phenoxy) is 1. The SMILES string of the molecule is CC(=O)Oc1cc(Cl)c(NC(=O)c2nn(C)c3ccccc23)cc1F. The number of hydrogen-bond donors (Lipinski definition) is 1. The van der Waals surface area contributed by atoms with Crippen molar-refractivity contribution in [2.24, 2.45) is 7.05 Å². The molecule has 1 aromatic heterocycles. The Bertz CT molecular complexity index is 1000. The van der Waals surface area contributed by atoms with Gasteiger partial charge in [0.05, 0.1) is 16.2 Å². The Hall–Kier alpha value is -2.93. The van der Waals surface area contributed by atoms with E-state index in [1.54, 1.807) is 23.9 Å². The molecule has 0 aliphatic heterocycles. The molecule has 0 unspecified atom stereocenters. The van der Waals surface area contributed by atoms with Crippen LogP contribution in [0.15, 0.2) is 36.4 Å². The van der Waals surface area contributed by atoms with Crippen molar-refractivity contribution < 1.29 is 18.7 Å². The summed E-state index contributed by atoms with van der Waals surface area (Å²) in [6.45, 7) is 1.15. The van der Waals surface area contributed by atoms with Crippen LogP contribution in [-0.4, -0.2) is 21.7 Å². The average Bonchev–Trinajstić information content (AvgIpc) is 2.89. The van der Waals surface area contributed by atoms with Gasteiger partial charge in [0.15, 0.2) is 17.3 Å². The molecule has 1 amide bonds. The molecule has 0 saturated heterocycles. The summed E-state index contributed by atoms with van der Waals surface area (Å²) in [5, 5.41) is 7.42. The highest BCUT2D eigenvalue weighted by atomic mass is 35.5. The smallest absolute Gasteiger partial charge is 0.308 e. The van der Waals surface area contributed by atoms with E-state index in [9.17, 15) is 14.0 Å². The van der Waals surface area contributed by atoms with Gasteiger partial charge in [0, 0.05) is 31.5 Å². The number of carbonyl (C=O) groups is 2. The van der Waals surface area contributed by atoms with Crippen LogP contribution in [0.3, 0.4) is 0 Å². The number of halogens is 2. The minimum Gasteiger partial charge on any atom is -0.424 e. The van der Waals surface area contributed by atoms with Crippen LogP contribution in [0.2, 0.25) is 5.02 Å². The Morgan fingerprint density at radius 2 is 2.00 bits per heavy atom. The van der Waals surface area contributed by atoms with Gasteiger partial charge in [-0.2, -0.15) is 5.10 Å². The number of nitrogens with zero attached hydrogens (tertiary/aromatic N) is 2. The fourth-order valence-electron chi connectivity index (χ4n) is 2.42. The van der Waals surface area contributed by atoms with Gasteiger partial charge in [-0.15, -0.1) is 0 Å². The van der Waals surface area contributed by atoms with Crippen molar-refractivity contribution in [3.63, 3.8) is 0 Å². The Balaban J connectivity index is 1.93. The van der Waals surface area contributed by atoms with Gasteiger partial charge in [0.25, 0.3) is 5.91 Å². The lowest BCUT2D eigenvalue weighted by molar-refractivity contribution is -0.132. The summed E-state index contributed by atoms with van der Waals surface area (Å²) in [6, 6.07) is 9.35. The molecular weight excluding hydrogens is 349 g/mol. The van der Waals surface area contributed by atoms with E-state index in [1.165, 1.54) is 0 Å². The van der Waals surface area contributed by atoms with E-state index in [0.717, 1.165) is 24.6 Å². The van der Waals surface area contributed by atoms with Gasteiger partial charge in [-0.05, 0) is 6.07 Å². The topological polar surface area (TPSA) is 73.2 Å². The molecule has 0 bridgehead atoms. The number of carbonyl (C=O) groups excluding carboxylic acids is 2. The van der Waals surface area contributed by atoms with Crippen LogP contribution in [0.4, 0.5) is 10.1 Å². The lowest BCUT2D eigenvalue weighted by atomic mass is 10.2. The number of nitrogens with one attached hydrogen (secondary N) is 1. The number of rotatable bonds is 3. The number of benzene rings is 2. The molecule has 6 nitrogen and oxygen atoms in total. The molecule has 8 heteroatoms. The lowest BCUT2D eigenvalue weighted by Gasteiger charge is -2.09. The van der Waals surface area contributed by atoms with Crippen molar-refractivity contribution in [3.05, 3.63) is 52.9 Å². The van der Waals surface area contributed by atoms with Gasteiger partial charge in [0.2, 0.25) is 0 Å². The molecule has 3 rings (SSSR count). The summed E-state index contributed by atoms with van der Waals surface area (Å²) in [6.07, 6.45) is 0. The molecule has 0 spiro atoms. The molecule has 0 radical (unpaired) electrons. The minimum atomic E-state index is -0.819. The standard InChI is InChI=1S/C17H13ClFN3O3/c1-9(23)25-15-7-11(18)13(8-12(15)19)20-17(24)16-10-5-3-4-6-14(10)22(2)21-16/h3-8H,1-2H3,(H,20,24). The van der Waals surface area contributed by atoms with Crippen molar-refractivity contribution in [3.8, 4) is 5.75 Å². The van der Waals surface area contributed by atoms with Crippen LogP contribution in [0.25, 0.3) is 10.9 Å². The first kappa shape index (κ1) is 16.9. The van der Waals surface area contributed by atoms with Crippen LogP contribution >= 0.6 is 11.6 Å². The third-order valence-corrected chi connectivity index (χ3v) is 3.81. The summed E-state index contributed by atoms with van der Waals surface area (Å²) in [4.78, 5) is 23.5. The molecule has 3 aromatic rings. The first-order chi connectivity index (χ1) is 11.9. The molecule has 0 fully saturated rings.